The van der Waals surface area contributed by atoms with E-state index in [1.54, 1.807) is 10.9 Å². The number of amides is 2. The number of nitrogens with zero attached hydrogens (tertiary/aromatic N) is 2. The molecule has 4 aromatic rings. The van der Waals surface area contributed by atoms with Crippen LogP contribution in [0.5, 0.6) is 5.75 Å². The standard InChI is InChI=1S/C28H28N4O4/c1-19-7-14-25(36-19)27-24(17-32(31-27)22-5-3-2-4-6-22)28(34)29-16-15-20-8-12-23(13-9-20)35-18-26(33)30-21-10-11-21/h2-9,12-14,17,21H,10-11,15-16,18H2,1H3,(H,29,34)(H,30,33). The zero-order valence-electron chi connectivity index (χ0n) is 20.1. The van der Waals surface area contributed by atoms with Gasteiger partial charge in [-0.15, -0.1) is 0 Å². The Kier molecular flexibility index (Phi) is 6.84. The molecule has 8 heteroatoms. The van der Waals surface area contributed by atoms with Crippen LogP contribution in [0.15, 0.2) is 77.3 Å². The minimum absolute atomic E-state index is 0.0140. The summed E-state index contributed by atoms with van der Waals surface area (Å²) in [6.45, 7) is 2.33. The average Bonchev–Trinajstić information content (AvgIpc) is 3.41. The number of carbonyl (C=O) groups is 2. The number of hydrogen-bond donors (Lipinski definition) is 2. The van der Waals surface area contributed by atoms with E-state index in [9.17, 15) is 9.59 Å². The number of rotatable bonds is 10. The maximum Gasteiger partial charge on any atom is 0.258 e. The number of aryl methyl sites for hydroxylation is 1. The molecule has 0 aliphatic heterocycles. The predicted molar refractivity (Wildman–Crippen MR) is 135 cm³/mol. The fourth-order valence-corrected chi connectivity index (χ4v) is 3.81. The van der Waals surface area contributed by atoms with E-state index in [0.29, 0.717) is 41.8 Å². The Bertz CT molecular complexity index is 1340. The van der Waals surface area contributed by atoms with Gasteiger partial charge in [-0.25, -0.2) is 4.68 Å². The van der Waals surface area contributed by atoms with Crippen molar-refractivity contribution in [3.8, 4) is 22.9 Å². The number of aromatic nitrogens is 2. The van der Waals surface area contributed by atoms with Gasteiger partial charge in [-0.2, -0.15) is 5.10 Å². The first-order chi connectivity index (χ1) is 17.5. The zero-order chi connectivity index (χ0) is 24.9. The highest BCUT2D eigenvalue weighted by Crippen LogP contribution is 2.26. The van der Waals surface area contributed by atoms with E-state index >= 15 is 0 Å². The molecule has 0 atom stereocenters. The van der Waals surface area contributed by atoms with Crippen LogP contribution in [0.2, 0.25) is 0 Å². The summed E-state index contributed by atoms with van der Waals surface area (Å²) in [5.74, 6) is 1.63. The zero-order valence-corrected chi connectivity index (χ0v) is 20.1. The van der Waals surface area contributed by atoms with Crippen LogP contribution in [-0.2, 0) is 11.2 Å². The van der Waals surface area contributed by atoms with Crippen LogP contribution in [0.4, 0.5) is 0 Å². The second kappa shape index (κ2) is 10.5. The molecule has 0 saturated heterocycles. The van der Waals surface area contributed by atoms with Gasteiger partial charge < -0.3 is 19.8 Å². The van der Waals surface area contributed by atoms with Gasteiger partial charge in [-0.1, -0.05) is 30.3 Å². The molecule has 184 valence electrons. The molecule has 1 saturated carbocycles. The summed E-state index contributed by atoms with van der Waals surface area (Å²) in [7, 11) is 0. The van der Waals surface area contributed by atoms with Gasteiger partial charge in [-0.3, -0.25) is 9.59 Å². The molecular formula is C28H28N4O4. The summed E-state index contributed by atoms with van der Waals surface area (Å²) in [5.41, 5.74) is 2.85. The third-order valence-electron chi connectivity index (χ3n) is 5.89. The van der Waals surface area contributed by atoms with Crippen molar-refractivity contribution in [1.82, 2.24) is 20.4 Å². The number of carbonyl (C=O) groups excluding carboxylic acids is 2. The highest BCUT2D eigenvalue weighted by molar-refractivity contribution is 5.99. The Labute approximate surface area is 209 Å². The summed E-state index contributed by atoms with van der Waals surface area (Å²) < 4.78 is 13.0. The minimum atomic E-state index is -0.220. The van der Waals surface area contributed by atoms with Crippen LogP contribution < -0.4 is 15.4 Å². The molecule has 1 aliphatic carbocycles. The molecule has 36 heavy (non-hydrogen) atoms. The number of hydrogen-bond acceptors (Lipinski definition) is 5. The number of para-hydroxylation sites is 1. The molecule has 2 heterocycles. The molecule has 0 bridgehead atoms. The summed E-state index contributed by atoms with van der Waals surface area (Å²) in [6.07, 6.45) is 4.48. The Balaban J connectivity index is 1.19. The van der Waals surface area contributed by atoms with Gasteiger partial charge in [-0.05, 0) is 68.1 Å². The van der Waals surface area contributed by atoms with Crippen molar-refractivity contribution >= 4 is 11.8 Å². The Hall–Kier alpha value is -4.33. The first-order valence-electron chi connectivity index (χ1n) is 12.1. The summed E-state index contributed by atoms with van der Waals surface area (Å²) in [4.78, 5) is 24.9. The van der Waals surface area contributed by atoms with Gasteiger partial charge in [0.05, 0.1) is 11.3 Å². The van der Waals surface area contributed by atoms with Crippen molar-refractivity contribution in [3.63, 3.8) is 0 Å². The van der Waals surface area contributed by atoms with Gasteiger partial charge in [0.25, 0.3) is 11.8 Å². The van der Waals surface area contributed by atoms with Gasteiger partial charge in [0.15, 0.2) is 12.4 Å². The van der Waals surface area contributed by atoms with E-state index in [0.717, 1.165) is 29.9 Å². The van der Waals surface area contributed by atoms with E-state index in [1.165, 1.54) is 0 Å². The quantitative estimate of drug-likeness (QED) is 0.354. The van der Waals surface area contributed by atoms with Crippen molar-refractivity contribution < 1.29 is 18.7 Å². The Morgan fingerprint density at radius 1 is 1.06 bits per heavy atom. The molecular weight excluding hydrogens is 456 g/mol. The van der Waals surface area contributed by atoms with Crippen LogP contribution in [0.1, 0.15) is 34.5 Å². The topological polar surface area (TPSA) is 98.4 Å². The SMILES string of the molecule is Cc1ccc(-c2nn(-c3ccccc3)cc2C(=O)NCCc2ccc(OCC(=O)NC3CC3)cc2)o1. The monoisotopic (exact) mass is 484 g/mol. The van der Waals surface area contributed by atoms with Gasteiger partial charge in [0, 0.05) is 18.8 Å². The highest BCUT2D eigenvalue weighted by Gasteiger charge is 2.23. The molecule has 1 aliphatic rings. The molecule has 0 unspecified atom stereocenters. The smallest absolute Gasteiger partial charge is 0.258 e. The molecule has 8 nitrogen and oxygen atoms in total. The lowest BCUT2D eigenvalue weighted by atomic mass is 10.1. The normalized spacial score (nSPS) is 12.8. The lowest BCUT2D eigenvalue weighted by molar-refractivity contribution is -0.123. The molecule has 2 N–H and O–H groups in total. The van der Waals surface area contributed by atoms with E-state index in [1.807, 2.05) is 73.7 Å². The van der Waals surface area contributed by atoms with Gasteiger partial charge in [0.1, 0.15) is 17.2 Å². The predicted octanol–water partition coefficient (Wildman–Crippen LogP) is 4.07. The lowest BCUT2D eigenvalue weighted by Crippen LogP contribution is -2.30. The molecule has 1 fully saturated rings. The lowest BCUT2D eigenvalue weighted by Gasteiger charge is -2.08. The van der Waals surface area contributed by atoms with E-state index in [2.05, 4.69) is 15.7 Å². The van der Waals surface area contributed by atoms with Crippen molar-refractivity contribution in [2.24, 2.45) is 0 Å². The molecule has 0 spiro atoms. The molecule has 2 aromatic carbocycles. The number of benzene rings is 2. The fourth-order valence-electron chi connectivity index (χ4n) is 3.81. The number of nitrogens with one attached hydrogen (secondary N) is 2. The minimum Gasteiger partial charge on any atom is -0.484 e. The Morgan fingerprint density at radius 3 is 2.53 bits per heavy atom. The summed E-state index contributed by atoms with van der Waals surface area (Å²) in [6, 6.07) is 21.2. The third-order valence-corrected chi connectivity index (χ3v) is 5.89. The van der Waals surface area contributed by atoms with Crippen LogP contribution in [0, 0.1) is 6.92 Å². The van der Waals surface area contributed by atoms with Crippen molar-refractivity contribution in [1.29, 1.82) is 0 Å². The molecule has 0 radical (unpaired) electrons. The van der Waals surface area contributed by atoms with Crippen molar-refractivity contribution in [2.45, 2.75) is 32.2 Å². The number of ether oxygens (including phenoxy) is 1. The molecule has 5 rings (SSSR count). The maximum atomic E-state index is 13.1. The van der Waals surface area contributed by atoms with E-state index in [4.69, 9.17) is 9.15 Å². The summed E-state index contributed by atoms with van der Waals surface area (Å²) in [5, 5.41) is 10.5. The first kappa shape index (κ1) is 23.4. The molecule has 2 amide bonds. The first-order valence-corrected chi connectivity index (χ1v) is 12.1. The third kappa shape index (κ3) is 5.83. The second-order valence-corrected chi connectivity index (χ2v) is 8.86. The van der Waals surface area contributed by atoms with Crippen LogP contribution in [0.3, 0.4) is 0 Å². The van der Waals surface area contributed by atoms with Crippen LogP contribution in [0.25, 0.3) is 17.1 Å². The number of furan rings is 1. The summed E-state index contributed by atoms with van der Waals surface area (Å²) >= 11 is 0. The van der Waals surface area contributed by atoms with Crippen molar-refractivity contribution in [2.75, 3.05) is 13.2 Å². The Morgan fingerprint density at radius 2 is 1.83 bits per heavy atom. The van der Waals surface area contributed by atoms with E-state index < -0.39 is 0 Å². The van der Waals surface area contributed by atoms with Crippen LogP contribution in [-0.4, -0.2) is 40.8 Å². The largest absolute Gasteiger partial charge is 0.484 e. The van der Waals surface area contributed by atoms with Gasteiger partial charge >= 0.3 is 0 Å². The van der Waals surface area contributed by atoms with E-state index in [-0.39, 0.29) is 18.4 Å². The molecule has 2 aromatic heterocycles. The second-order valence-electron chi connectivity index (χ2n) is 8.86. The van der Waals surface area contributed by atoms with Crippen LogP contribution >= 0.6 is 0 Å². The van der Waals surface area contributed by atoms with Gasteiger partial charge in [0.2, 0.25) is 0 Å². The average molecular weight is 485 g/mol. The highest BCUT2D eigenvalue weighted by atomic mass is 16.5. The van der Waals surface area contributed by atoms with Crippen molar-refractivity contribution in [3.05, 3.63) is 89.8 Å². The maximum absolute atomic E-state index is 13.1. The fraction of sp³-hybridized carbons (Fsp3) is 0.250.